The average molecular weight is 248 g/mol. The highest BCUT2D eigenvalue weighted by atomic mass is 16.6. The lowest BCUT2D eigenvalue weighted by molar-refractivity contribution is -0.150. The van der Waals surface area contributed by atoms with Crippen LogP contribution in [-0.4, -0.2) is 50.7 Å². The number of aliphatic hydroxyl groups is 1. The van der Waals surface area contributed by atoms with E-state index in [1.165, 1.54) is 0 Å². The molecular formula is C12H24O5. The van der Waals surface area contributed by atoms with Gasteiger partial charge in [0.1, 0.15) is 6.61 Å². The molecule has 5 nitrogen and oxygen atoms in total. The first-order valence-electron chi connectivity index (χ1n) is 6.19. The van der Waals surface area contributed by atoms with Gasteiger partial charge in [-0.3, -0.25) is 4.79 Å². The van der Waals surface area contributed by atoms with E-state index in [2.05, 4.69) is 0 Å². The first kappa shape index (κ1) is 16.4. The lowest BCUT2D eigenvalue weighted by Crippen LogP contribution is -2.19. The molecular weight excluding hydrogens is 224 g/mol. The van der Waals surface area contributed by atoms with E-state index in [0.717, 1.165) is 12.8 Å². The van der Waals surface area contributed by atoms with E-state index >= 15 is 0 Å². The first-order chi connectivity index (χ1) is 8.26. The number of carbonyl (C=O) groups is 1. The van der Waals surface area contributed by atoms with Crippen molar-refractivity contribution in [1.29, 1.82) is 0 Å². The number of ether oxygens (including phenoxy) is 3. The Balaban J connectivity index is 3.30. The zero-order valence-electron chi connectivity index (χ0n) is 10.8. The smallest absolute Gasteiger partial charge is 0.308 e. The van der Waals surface area contributed by atoms with Gasteiger partial charge in [0.05, 0.1) is 39.0 Å². The summed E-state index contributed by atoms with van der Waals surface area (Å²) >= 11 is 0. The molecule has 0 bridgehead atoms. The molecule has 0 aliphatic carbocycles. The van der Waals surface area contributed by atoms with Crippen LogP contribution in [0.1, 0.15) is 26.7 Å². The molecule has 1 N–H and O–H groups in total. The molecule has 17 heavy (non-hydrogen) atoms. The molecule has 0 spiro atoms. The van der Waals surface area contributed by atoms with Gasteiger partial charge in [-0.15, -0.1) is 0 Å². The molecule has 0 aromatic heterocycles. The number of hydrogen-bond acceptors (Lipinski definition) is 5. The molecule has 0 atom stereocenters. The van der Waals surface area contributed by atoms with Crippen molar-refractivity contribution in [1.82, 2.24) is 0 Å². The molecule has 0 fully saturated rings. The molecule has 0 radical (unpaired) electrons. The van der Waals surface area contributed by atoms with Crippen molar-refractivity contribution < 1.29 is 24.1 Å². The van der Waals surface area contributed by atoms with E-state index < -0.39 is 0 Å². The Kier molecular flexibility index (Phi) is 11.4. The molecule has 0 heterocycles. The van der Waals surface area contributed by atoms with Crippen LogP contribution in [-0.2, 0) is 19.0 Å². The molecule has 0 aliphatic heterocycles. The molecule has 0 aliphatic rings. The van der Waals surface area contributed by atoms with E-state index in [1.54, 1.807) is 0 Å². The standard InChI is InChI=1S/C12H24O5/c1-3-11(4-2)12(14)17-10-9-16-8-7-15-6-5-13/h11,13H,3-10H2,1-2H3. The van der Waals surface area contributed by atoms with Gasteiger partial charge in [0, 0.05) is 0 Å². The molecule has 5 heteroatoms. The van der Waals surface area contributed by atoms with E-state index in [1.807, 2.05) is 13.8 Å². The van der Waals surface area contributed by atoms with Crippen molar-refractivity contribution in [3.8, 4) is 0 Å². The van der Waals surface area contributed by atoms with Crippen molar-refractivity contribution in [2.24, 2.45) is 5.92 Å². The van der Waals surface area contributed by atoms with Gasteiger partial charge in [0.25, 0.3) is 0 Å². The Morgan fingerprint density at radius 1 is 1.00 bits per heavy atom. The maximum absolute atomic E-state index is 11.4. The van der Waals surface area contributed by atoms with Crippen molar-refractivity contribution in [3.05, 3.63) is 0 Å². The second-order valence-corrected chi connectivity index (χ2v) is 3.63. The molecule has 0 aromatic carbocycles. The number of rotatable bonds is 11. The van der Waals surface area contributed by atoms with Gasteiger partial charge in [-0.2, -0.15) is 0 Å². The highest BCUT2D eigenvalue weighted by molar-refractivity contribution is 5.72. The highest BCUT2D eigenvalue weighted by Gasteiger charge is 2.14. The SMILES string of the molecule is CCC(CC)C(=O)OCCOCCOCCO. The summed E-state index contributed by atoms with van der Waals surface area (Å²) < 4.78 is 15.3. The van der Waals surface area contributed by atoms with Crippen LogP contribution in [0.5, 0.6) is 0 Å². The van der Waals surface area contributed by atoms with Crippen LogP contribution in [0.3, 0.4) is 0 Å². The number of esters is 1. The van der Waals surface area contributed by atoms with Gasteiger partial charge in [-0.25, -0.2) is 0 Å². The van der Waals surface area contributed by atoms with Gasteiger partial charge in [0.15, 0.2) is 0 Å². The Bertz CT molecular complexity index is 180. The molecule has 0 saturated carbocycles. The van der Waals surface area contributed by atoms with Crippen molar-refractivity contribution >= 4 is 5.97 Å². The van der Waals surface area contributed by atoms with Crippen molar-refractivity contribution in [3.63, 3.8) is 0 Å². The van der Waals surface area contributed by atoms with Crippen LogP contribution in [0.25, 0.3) is 0 Å². The fourth-order valence-corrected chi connectivity index (χ4v) is 1.33. The topological polar surface area (TPSA) is 65.0 Å². The van der Waals surface area contributed by atoms with E-state index in [9.17, 15) is 4.79 Å². The molecule has 0 amide bonds. The fraction of sp³-hybridized carbons (Fsp3) is 0.917. The monoisotopic (exact) mass is 248 g/mol. The minimum absolute atomic E-state index is 0.00267. The van der Waals surface area contributed by atoms with E-state index in [-0.39, 0.29) is 25.1 Å². The third-order valence-corrected chi connectivity index (χ3v) is 2.40. The minimum atomic E-state index is -0.143. The molecule has 0 saturated heterocycles. The molecule has 0 aromatic rings. The quantitative estimate of drug-likeness (QED) is 0.436. The average Bonchev–Trinajstić information content (AvgIpc) is 2.34. The largest absolute Gasteiger partial charge is 0.463 e. The second-order valence-electron chi connectivity index (χ2n) is 3.63. The fourth-order valence-electron chi connectivity index (χ4n) is 1.33. The van der Waals surface area contributed by atoms with Crippen LogP contribution in [0, 0.1) is 5.92 Å². The summed E-state index contributed by atoms with van der Waals surface area (Å²) in [4.78, 5) is 11.4. The lowest BCUT2D eigenvalue weighted by Gasteiger charge is -2.11. The van der Waals surface area contributed by atoms with E-state index in [4.69, 9.17) is 19.3 Å². The summed E-state index contributed by atoms with van der Waals surface area (Å²) in [5.41, 5.74) is 0. The predicted molar refractivity (Wildman–Crippen MR) is 63.8 cm³/mol. The minimum Gasteiger partial charge on any atom is -0.463 e. The summed E-state index contributed by atoms with van der Waals surface area (Å²) in [7, 11) is 0. The summed E-state index contributed by atoms with van der Waals surface area (Å²) in [5.74, 6) is -0.141. The number of aliphatic hydroxyl groups excluding tert-OH is 1. The highest BCUT2D eigenvalue weighted by Crippen LogP contribution is 2.09. The Hall–Kier alpha value is -0.650. The Labute approximate surface area is 103 Å². The van der Waals surface area contributed by atoms with Gasteiger partial charge < -0.3 is 19.3 Å². The normalized spacial score (nSPS) is 10.8. The summed E-state index contributed by atoms with van der Waals surface area (Å²) in [6, 6.07) is 0. The van der Waals surface area contributed by atoms with Crippen LogP contribution in [0.2, 0.25) is 0 Å². The Morgan fingerprint density at radius 2 is 1.53 bits per heavy atom. The predicted octanol–water partition coefficient (Wildman–Crippen LogP) is 0.991. The van der Waals surface area contributed by atoms with Gasteiger partial charge in [0.2, 0.25) is 0 Å². The molecule has 0 unspecified atom stereocenters. The van der Waals surface area contributed by atoms with E-state index in [0.29, 0.717) is 26.4 Å². The third-order valence-electron chi connectivity index (χ3n) is 2.40. The van der Waals surface area contributed by atoms with Crippen LogP contribution in [0.15, 0.2) is 0 Å². The molecule has 0 rings (SSSR count). The van der Waals surface area contributed by atoms with Crippen molar-refractivity contribution in [2.45, 2.75) is 26.7 Å². The van der Waals surface area contributed by atoms with Crippen LogP contribution < -0.4 is 0 Å². The van der Waals surface area contributed by atoms with Gasteiger partial charge in [-0.1, -0.05) is 13.8 Å². The van der Waals surface area contributed by atoms with Crippen molar-refractivity contribution in [2.75, 3.05) is 39.6 Å². The summed E-state index contributed by atoms with van der Waals surface area (Å²) in [5, 5.41) is 8.44. The maximum Gasteiger partial charge on any atom is 0.308 e. The zero-order valence-corrected chi connectivity index (χ0v) is 10.8. The van der Waals surface area contributed by atoms with Crippen LogP contribution in [0.4, 0.5) is 0 Å². The first-order valence-corrected chi connectivity index (χ1v) is 6.19. The zero-order chi connectivity index (χ0) is 12.9. The second kappa shape index (κ2) is 11.8. The van der Waals surface area contributed by atoms with Gasteiger partial charge in [-0.05, 0) is 12.8 Å². The Morgan fingerprint density at radius 3 is 2.06 bits per heavy atom. The molecule has 102 valence electrons. The summed E-state index contributed by atoms with van der Waals surface area (Å²) in [6.07, 6.45) is 1.62. The third kappa shape index (κ3) is 9.09. The maximum atomic E-state index is 11.4. The summed E-state index contributed by atoms with van der Waals surface area (Å²) in [6.45, 7) is 5.86. The number of carbonyl (C=O) groups excluding carboxylic acids is 1. The van der Waals surface area contributed by atoms with Gasteiger partial charge >= 0.3 is 5.97 Å². The lowest BCUT2D eigenvalue weighted by atomic mass is 10.0. The van der Waals surface area contributed by atoms with Crippen LogP contribution >= 0.6 is 0 Å². The number of hydrogen-bond donors (Lipinski definition) is 1.